The summed E-state index contributed by atoms with van der Waals surface area (Å²) in [7, 11) is -3.51. The van der Waals surface area contributed by atoms with Gasteiger partial charge in [-0.05, 0) is 43.0 Å². The van der Waals surface area contributed by atoms with Crippen molar-refractivity contribution in [1.82, 2.24) is 5.32 Å². The molecule has 1 heterocycles. The van der Waals surface area contributed by atoms with Crippen molar-refractivity contribution in [2.75, 3.05) is 24.7 Å². The first-order valence-electron chi connectivity index (χ1n) is 7.89. The number of hydrogen-bond donors (Lipinski definition) is 2. The van der Waals surface area contributed by atoms with E-state index in [0.717, 1.165) is 11.8 Å². The van der Waals surface area contributed by atoms with Gasteiger partial charge in [-0.2, -0.15) is 0 Å². The van der Waals surface area contributed by atoms with E-state index in [2.05, 4.69) is 31.4 Å². The Kier molecular flexibility index (Phi) is 6.47. The minimum Gasteiger partial charge on any atom is -0.324 e. The molecule has 24 heavy (non-hydrogen) atoms. The van der Waals surface area contributed by atoms with E-state index >= 15 is 0 Å². The van der Waals surface area contributed by atoms with Gasteiger partial charge in [0.1, 0.15) is 0 Å². The number of halogens is 1. The van der Waals surface area contributed by atoms with Gasteiger partial charge in [-0.25, -0.2) is 8.42 Å². The van der Waals surface area contributed by atoms with Crippen LogP contribution in [-0.2, 0) is 20.0 Å². The maximum atomic E-state index is 12.9. The molecular weight excluding hydrogens is 348 g/mol. The molecule has 0 aromatic heterocycles. The summed E-state index contributed by atoms with van der Waals surface area (Å²) in [5, 5.41) is 6.01. The second kappa shape index (κ2) is 7.42. The number of amides is 1. The first kappa shape index (κ1) is 20.9. The highest BCUT2D eigenvalue weighted by Gasteiger charge is 2.48. The van der Waals surface area contributed by atoms with E-state index in [-0.39, 0.29) is 17.8 Å². The molecule has 1 saturated heterocycles. The van der Waals surface area contributed by atoms with Gasteiger partial charge >= 0.3 is 0 Å². The summed E-state index contributed by atoms with van der Waals surface area (Å²) in [6, 6.07) is 7.56. The van der Waals surface area contributed by atoms with Crippen LogP contribution < -0.4 is 10.6 Å². The van der Waals surface area contributed by atoms with Crippen LogP contribution in [0.15, 0.2) is 24.3 Å². The number of hydrogen-bond acceptors (Lipinski definition) is 4. The van der Waals surface area contributed by atoms with Crippen LogP contribution >= 0.6 is 12.4 Å². The predicted molar refractivity (Wildman–Crippen MR) is 101 cm³/mol. The highest BCUT2D eigenvalue weighted by molar-refractivity contribution is 7.92. The summed E-state index contributed by atoms with van der Waals surface area (Å²) in [4.78, 5) is 12.9. The molecule has 2 N–H and O–H groups in total. The second-order valence-electron chi connectivity index (χ2n) is 7.27. The second-order valence-corrected chi connectivity index (χ2v) is 9.59. The van der Waals surface area contributed by atoms with Crippen molar-refractivity contribution in [3.63, 3.8) is 0 Å². The van der Waals surface area contributed by atoms with E-state index in [0.29, 0.717) is 31.6 Å². The normalized spacial score (nSPS) is 17.7. The Hall–Kier alpha value is -1.11. The van der Waals surface area contributed by atoms with Crippen molar-refractivity contribution in [1.29, 1.82) is 0 Å². The van der Waals surface area contributed by atoms with Gasteiger partial charge in [0.15, 0.2) is 14.6 Å². The average Bonchev–Trinajstić information content (AvgIpc) is 2.46. The molecular formula is C17H27ClN2O3S. The highest BCUT2D eigenvalue weighted by atomic mass is 35.5. The van der Waals surface area contributed by atoms with Gasteiger partial charge in [0.2, 0.25) is 5.91 Å². The van der Waals surface area contributed by atoms with Gasteiger partial charge in [-0.3, -0.25) is 4.79 Å². The molecule has 136 valence electrons. The summed E-state index contributed by atoms with van der Waals surface area (Å²) in [5.41, 5.74) is 1.54. The zero-order valence-corrected chi connectivity index (χ0v) is 16.3. The third kappa shape index (κ3) is 4.10. The lowest BCUT2D eigenvalue weighted by atomic mass is 9.85. The topological polar surface area (TPSA) is 75.3 Å². The molecule has 1 aromatic rings. The maximum Gasteiger partial charge on any atom is 0.245 e. The number of carbonyl (C=O) groups excluding carboxylic acids is 1. The quantitative estimate of drug-likeness (QED) is 0.852. The van der Waals surface area contributed by atoms with E-state index in [1.165, 1.54) is 0 Å². The van der Waals surface area contributed by atoms with E-state index in [1.807, 2.05) is 24.3 Å². The SMILES string of the molecule is CC(C)(C)c1ccccc1NC(=O)C1(S(C)(=O)=O)CCNCC1.Cl. The number of para-hydroxylation sites is 1. The predicted octanol–water partition coefficient (Wildman–Crippen LogP) is 2.51. The first-order chi connectivity index (χ1) is 10.6. The van der Waals surface area contributed by atoms with Crippen LogP contribution in [0.5, 0.6) is 0 Å². The van der Waals surface area contributed by atoms with Gasteiger partial charge in [0.25, 0.3) is 0 Å². The molecule has 0 aliphatic carbocycles. The van der Waals surface area contributed by atoms with E-state index < -0.39 is 20.5 Å². The van der Waals surface area contributed by atoms with Crippen molar-refractivity contribution in [3.05, 3.63) is 29.8 Å². The highest BCUT2D eigenvalue weighted by Crippen LogP contribution is 2.33. The molecule has 7 heteroatoms. The smallest absolute Gasteiger partial charge is 0.245 e. The standard InChI is InChI=1S/C17H26N2O3S.ClH/c1-16(2,3)13-7-5-6-8-14(13)19-15(20)17(23(4,21)22)9-11-18-12-10-17;/h5-8,18H,9-12H2,1-4H3,(H,19,20);1H. The number of piperidine rings is 1. The van der Waals surface area contributed by atoms with Crippen molar-refractivity contribution in [2.24, 2.45) is 0 Å². The molecule has 1 fully saturated rings. The fourth-order valence-electron chi connectivity index (χ4n) is 3.08. The van der Waals surface area contributed by atoms with Crippen molar-refractivity contribution in [2.45, 2.75) is 43.8 Å². The number of sulfone groups is 1. The third-order valence-corrected chi connectivity index (χ3v) is 6.53. The summed E-state index contributed by atoms with van der Waals surface area (Å²) in [6.07, 6.45) is 1.76. The molecule has 1 aromatic carbocycles. The number of nitrogens with one attached hydrogen (secondary N) is 2. The number of benzene rings is 1. The van der Waals surface area contributed by atoms with Crippen LogP contribution in [0.3, 0.4) is 0 Å². The van der Waals surface area contributed by atoms with Crippen molar-refractivity contribution in [3.8, 4) is 0 Å². The Morgan fingerprint density at radius 3 is 2.21 bits per heavy atom. The number of rotatable bonds is 3. The summed E-state index contributed by atoms with van der Waals surface area (Å²) in [6.45, 7) is 7.25. The van der Waals surface area contributed by atoms with Gasteiger partial charge in [0, 0.05) is 11.9 Å². The van der Waals surface area contributed by atoms with Crippen LogP contribution in [0.1, 0.15) is 39.2 Å². The zero-order chi connectivity index (χ0) is 17.3. The number of anilines is 1. The van der Waals surface area contributed by atoms with Crippen LogP contribution in [0, 0.1) is 0 Å². The third-order valence-electron chi connectivity index (χ3n) is 4.52. The fourth-order valence-corrected chi connectivity index (χ4v) is 4.41. The Bertz CT molecular complexity index is 690. The molecule has 0 unspecified atom stereocenters. The van der Waals surface area contributed by atoms with Gasteiger partial charge in [0.05, 0.1) is 0 Å². The minimum atomic E-state index is -3.51. The maximum absolute atomic E-state index is 12.9. The van der Waals surface area contributed by atoms with Crippen LogP contribution in [0.25, 0.3) is 0 Å². The molecule has 1 aliphatic heterocycles. The summed E-state index contributed by atoms with van der Waals surface area (Å²) >= 11 is 0. The molecule has 5 nitrogen and oxygen atoms in total. The molecule has 1 aliphatic rings. The lowest BCUT2D eigenvalue weighted by Gasteiger charge is -2.35. The zero-order valence-electron chi connectivity index (χ0n) is 14.7. The van der Waals surface area contributed by atoms with E-state index in [9.17, 15) is 13.2 Å². The largest absolute Gasteiger partial charge is 0.324 e. The molecule has 0 spiro atoms. The number of carbonyl (C=O) groups is 1. The Morgan fingerprint density at radius 2 is 1.71 bits per heavy atom. The minimum absolute atomic E-state index is 0. The molecule has 0 atom stereocenters. The van der Waals surface area contributed by atoms with Crippen molar-refractivity contribution >= 4 is 33.8 Å². The van der Waals surface area contributed by atoms with Gasteiger partial charge in [-0.15, -0.1) is 12.4 Å². The Labute approximate surface area is 150 Å². The summed E-state index contributed by atoms with van der Waals surface area (Å²) < 4.78 is 23.3. The molecule has 0 bridgehead atoms. The van der Waals surface area contributed by atoms with Crippen LogP contribution in [-0.4, -0.2) is 38.4 Å². The first-order valence-corrected chi connectivity index (χ1v) is 9.78. The lowest BCUT2D eigenvalue weighted by molar-refractivity contribution is -0.119. The van der Waals surface area contributed by atoms with Crippen LogP contribution in [0.4, 0.5) is 5.69 Å². The summed E-state index contributed by atoms with van der Waals surface area (Å²) in [5.74, 6) is -0.418. The molecule has 1 amide bonds. The fraction of sp³-hybridized carbons (Fsp3) is 0.588. The van der Waals surface area contributed by atoms with E-state index in [4.69, 9.17) is 0 Å². The monoisotopic (exact) mass is 374 g/mol. The molecule has 0 radical (unpaired) electrons. The Balaban J connectivity index is 0.00000288. The lowest BCUT2D eigenvalue weighted by Crippen LogP contribution is -2.55. The van der Waals surface area contributed by atoms with Crippen molar-refractivity contribution < 1.29 is 13.2 Å². The Morgan fingerprint density at radius 1 is 1.17 bits per heavy atom. The molecule has 2 rings (SSSR count). The van der Waals surface area contributed by atoms with Gasteiger partial charge < -0.3 is 10.6 Å². The average molecular weight is 375 g/mol. The van der Waals surface area contributed by atoms with E-state index in [1.54, 1.807) is 0 Å². The molecule has 0 saturated carbocycles. The van der Waals surface area contributed by atoms with Crippen LogP contribution in [0.2, 0.25) is 0 Å². The van der Waals surface area contributed by atoms with Gasteiger partial charge in [-0.1, -0.05) is 39.0 Å².